The van der Waals surface area contributed by atoms with Crippen molar-refractivity contribution in [3.05, 3.63) is 65.5 Å². The molecule has 94 valence electrons. The number of benzene rings is 2. The molecular formula is C16H13FN2. The highest BCUT2D eigenvalue weighted by Crippen LogP contribution is 2.32. The van der Waals surface area contributed by atoms with Gasteiger partial charge >= 0.3 is 0 Å². The van der Waals surface area contributed by atoms with Gasteiger partial charge in [0, 0.05) is 18.5 Å². The van der Waals surface area contributed by atoms with Gasteiger partial charge in [-0.1, -0.05) is 30.3 Å². The molecule has 0 unspecified atom stereocenters. The van der Waals surface area contributed by atoms with E-state index < -0.39 is 5.54 Å². The molecule has 3 rings (SSSR count). The number of hydrogen-bond acceptors (Lipinski definition) is 2. The minimum atomic E-state index is -0.669. The third-order valence-electron chi connectivity index (χ3n) is 3.53. The predicted molar refractivity (Wildman–Crippen MR) is 72.2 cm³/mol. The minimum absolute atomic E-state index is 0.298. The molecule has 2 aromatic rings. The zero-order valence-electron chi connectivity index (χ0n) is 10.4. The van der Waals surface area contributed by atoms with E-state index in [0.717, 1.165) is 0 Å². The Bertz CT molecular complexity index is 633. The van der Waals surface area contributed by atoms with Crippen LogP contribution >= 0.6 is 0 Å². The maximum Gasteiger partial charge on any atom is 0.133 e. The van der Waals surface area contributed by atoms with Gasteiger partial charge in [-0.05, 0) is 29.3 Å². The van der Waals surface area contributed by atoms with Gasteiger partial charge in [0.05, 0.1) is 6.07 Å². The van der Waals surface area contributed by atoms with Gasteiger partial charge in [0.1, 0.15) is 11.4 Å². The van der Waals surface area contributed by atoms with Crippen molar-refractivity contribution in [2.24, 2.45) is 0 Å². The Morgan fingerprint density at radius 2 is 1.74 bits per heavy atom. The third-order valence-corrected chi connectivity index (χ3v) is 3.53. The van der Waals surface area contributed by atoms with Gasteiger partial charge in [0.15, 0.2) is 0 Å². The Morgan fingerprint density at radius 3 is 2.32 bits per heavy atom. The summed E-state index contributed by atoms with van der Waals surface area (Å²) in [7, 11) is 0. The van der Waals surface area contributed by atoms with E-state index in [9.17, 15) is 9.65 Å². The first kappa shape index (κ1) is 11.7. The molecule has 2 aromatic carbocycles. The van der Waals surface area contributed by atoms with Crippen molar-refractivity contribution in [1.29, 1.82) is 5.26 Å². The van der Waals surface area contributed by atoms with E-state index in [4.69, 9.17) is 0 Å². The van der Waals surface area contributed by atoms with E-state index in [1.807, 2.05) is 24.3 Å². The van der Waals surface area contributed by atoms with Gasteiger partial charge in [0.2, 0.25) is 0 Å². The summed E-state index contributed by atoms with van der Waals surface area (Å²) in [6, 6.07) is 16.6. The fourth-order valence-corrected chi connectivity index (χ4v) is 2.65. The second-order valence-corrected chi connectivity index (χ2v) is 4.95. The summed E-state index contributed by atoms with van der Waals surface area (Å²) in [5.41, 5.74) is 2.35. The van der Waals surface area contributed by atoms with E-state index in [1.54, 1.807) is 12.1 Å². The molecule has 0 fully saturated rings. The Hall–Kier alpha value is -2.34. The molecule has 0 saturated heterocycles. The SMILES string of the molecule is N#CC1(Nc2cccc(F)c2)Cc2ccccc2C1. The lowest BCUT2D eigenvalue weighted by molar-refractivity contribution is 0.616. The molecule has 19 heavy (non-hydrogen) atoms. The van der Waals surface area contributed by atoms with Crippen molar-refractivity contribution < 1.29 is 4.39 Å². The number of hydrogen-bond donors (Lipinski definition) is 1. The maximum absolute atomic E-state index is 13.2. The predicted octanol–water partition coefficient (Wildman–Crippen LogP) is 3.30. The highest BCUT2D eigenvalue weighted by molar-refractivity contribution is 5.52. The summed E-state index contributed by atoms with van der Waals surface area (Å²) in [6.07, 6.45) is 1.30. The monoisotopic (exact) mass is 252 g/mol. The van der Waals surface area contributed by atoms with Gasteiger partial charge in [-0.2, -0.15) is 5.26 Å². The fourth-order valence-electron chi connectivity index (χ4n) is 2.65. The van der Waals surface area contributed by atoms with Gasteiger partial charge in [-0.15, -0.1) is 0 Å². The second-order valence-electron chi connectivity index (χ2n) is 4.95. The highest BCUT2D eigenvalue weighted by atomic mass is 19.1. The normalized spacial score (nSPS) is 15.6. The number of nitrogens with zero attached hydrogens (tertiary/aromatic N) is 1. The number of anilines is 1. The number of rotatable bonds is 2. The molecule has 1 aliphatic rings. The van der Waals surface area contributed by atoms with Crippen LogP contribution in [0.1, 0.15) is 11.1 Å². The largest absolute Gasteiger partial charge is 0.367 e. The first-order valence-electron chi connectivity index (χ1n) is 6.23. The van der Waals surface area contributed by atoms with E-state index in [-0.39, 0.29) is 5.82 Å². The first-order valence-corrected chi connectivity index (χ1v) is 6.23. The number of fused-ring (bicyclic) bond motifs is 1. The van der Waals surface area contributed by atoms with Crippen LogP contribution in [0.15, 0.2) is 48.5 Å². The summed E-state index contributed by atoms with van der Waals surface area (Å²) >= 11 is 0. The molecule has 0 bridgehead atoms. The van der Waals surface area contributed by atoms with Crippen LogP contribution in [0.25, 0.3) is 0 Å². The highest BCUT2D eigenvalue weighted by Gasteiger charge is 2.37. The topological polar surface area (TPSA) is 35.8 Å². The summed E-state index contributed by atoms with van der Waals surface area (Å²) in [6.45, 7) is 0. The molecule has 2 nitrogen and oxygen atoms in total. The number of halogens is 1. The lowest BCUT2D eigenvalue weighted by Crippen LogP contribution is -2.37. The Kier molecular flexibility index (Phi) is 2.72. The molecule has 3 heteroatoms. The standard InChI is InChI=1S/C16H13FN2/c17-14-6-3-7-15(8-14)19-16(11-18)9-12-4-1-2-5-13(12)10-16/h1-8,19H,9-10H2. The Morgan fingerprint density at radius 1 is 1.05 bits per heavy atom. The third kappa shape index (κ3) is 2.17. The van der Waals surface area contributed by atoms with Gasteiger partial charge in [-0.25, -0.2) is 4.39 Å². The molecule has 0 radical (unpaired) electrons. The van der Waals surface area contributed by atoms with Crippen molar-refractivity contribution in [1.82, 2.24) is 0 Å². The quantitative estimate of drug-likeness (QED) is 0.890. The second kappa shape index (κ2) is 4.40. The minimum Gasteiger partial charge on any atom is -0.367 e. The summed E-state index contributed by atoms with van der Waals surface area (Å²) in [5.74, 6) is -0.298. The van der Waals surface area contributed by atoms with Gasteiger partial charge in [-0.3, -0.25) is 0 Å². The molecule has 0 saturated carbocycles. The van der Waals surface area contributed by atoms with Crippen molar-refractivity contribution in [3.63, 3.8) is 0 Å². The summed E-state index contributed by atoms with van der Waals surface area (Å²) < 4.78 is 13.2. The smallest absolute Gasteiger partial charge is 0.133 e. The van der Waals surface area contributed by atoms with Crippen LogP contribution in [0.4, 0.5) is 10.1 Å². The van der Waals surface area contributed by atoms with Crippen molar-refractivity contribution in [2.45, 2.75) is 18.4 Å². The van der Waals surface area contributed by atoms with Crippen LogP contribution in [0, 0.1) is 17.1 Å². The Balaban J connectivity index is 1.90. The molecule has 0 aromatic heterocycles. The van der Waals surface area contributed by atoms with Gasteiger partial charge < -0.3 is 5.32 Å². The fraction of sp³-hybridized carbons (Fsp3) is 0.188. The average molecular weight is 252 g/mol. The number of nitriles is 1. The van der Waals surface area contributed by atoms with E-state index in [0.29, 0.717) is 18.5 Å². The lowest BCUT2D eigenvalue weighted by atomic mass is 9.97. The first-order chi connectivity index (χ1) is 9.21. The molecule has 1 N–H and O–H groups in total. The maximum atomic E-state index is 13.2. The number of nitrogens with one attached hydrogen (secondary N) is 1. The van der Waals surface area contributed by atoms with Crippen molar-refractivity contribution in [2.75, 3.05) is 5.32 Å². The lowest BCUT2D eigenvalue weighted by Gasteiger charge is -2.23. The molecule has 0 atom stereocenters. The van der Waals surface area contributed by atoms with Crippen molar-refractivity contribution in [3.8, 4) is 6.07 Å². The van der Waals surface area contributed by atoms with E-state index in [1.165, 1.54) is 23.3 Å². The van der Waals surface area contributed by atoms with Crippen LogP contribution in [-0.4, -0.2) is 5.54 Å². The Labute approximate surface area is 111 Å². The molecule has 0 amide bonds. The summed E-state index contributed by atoms with van der Waals surface area (Å²) in [4.78, 5) is 0. The zero-order chi connectivity index (χ0) is 13.3. The van der Waals surface area contributed by atoms with Gasteiger partial charge in [0.25, 0.3) is 0 Å². The van der Waals surface area contributed by atoms with Crippen LogP contribution in [0.5, 0.6) is 0 Å². The molecule has 0 heterocycles. The molecule has 0 aliphatic heterocycles. The van der Waals surface area contributed by atoms with E-state index in [2.05, 4.69) is 11.4 Å². The molecular weight excluding hydrogens is 239 g/mol. The van der Waals surface area contributed by atoms with Crippen LogP contribution in [-0.2, 0) is 12.8 Å². The van der Waals surface area contributed by atoms with Crippen LogP contribution in [0.2, 0.25) is 0 Å². The molecule has 0 spiro atoms. The zero-order valence-corrected chi connectivity index (χ0v) is 10.4. The van der Waals surface area contributed by atoms with E-state index >= 15 is 0 Å². The summed E-state index contributed by atoms with van der Waals surface area (Å²) in [5, 5.41) is 12.7. The van der Waals surface area contributed by atoms with Crippen LogP contribution in [0.3, 0.4) is 0 Å². The van der Waals surface area contributed by atoms with Crippen molar-refractivity contribution >= 4 is 5.69 Å². The van der Waals surface area contributed by atoms with Crippen LogP contribution < -0.4 is 5.32 Å². The average Bonchev–Trinajstić information content (AvgIpc) is 2.77. The molecule has 1 aliphatic carbocycles.